The van der Waals surface area contributed by atoms with Crippen LogP contribution in [0.25, 0.3) is 0 Å². The number of rotatable bonds is 9. The van der Waals surface area contributed by atoms with Crippen LogP contribution < -0.4 is 0 Å². The van der Waals surface area contributed by atoms with Gasteiger partial charge < -0.3 is 18.9 Å². The Morgan fingerprint density at radius 3 is 2.41 bits per heavy atom. The molecule has 1 saturated heterocycles. The van der Waals surface area contributed by atoms with E-state index in [4.69, 9.17) is 18.9 Å². The number of allylic oxidation sites excluding steroid dienone is 1. The maximum Gasteiger partial charge on any atom is 0.351 e. The molecule has 0 aromatic carbocycles. The fourth-order valence-electron chi connectivity index (χ4n) is 3.13. The van der Waals surface area contributed by atoms with Gasteiger partial charge in [0.2, 0.25) is 6.10 Å². The number of hydrogen-bond donors (Lipinski definition) is 0. The third-order valence-corrected chi connectivity index (χ3v) is 4.17. The van der Waals surface area contributed by atoms with Gasteiger partial charge in [-0.15, -0.1) is 6.58 Å². The van der Waals surface area contributed by atoms with Crippen LogP contribution in [-0.4, -0.2) is 30.9 Å². The van der Waals surface area contributed by atoms with Crippen molar-refractivity contribution in [3.63, 3.8) is 0 Å². The Hall–Kier alpha value is -2.17. The highest BCUT2D eigenvalue weighted by atomic mass is 16.6. The van der Waals surface area contributed by atoms with Gasteiger partial charge in [-0.1, -0.05) is 25.8 Å². The van der Waals surface area contributed by atoms with Gasteiger partial charge in [0, 0.05) is 5.92 Å². The van der Waals surface area contributed by atoms with Crippen molar-refractivity contribution in [2.75, 3.05) is 6.61 Å². The summed E-state index contributed by atoms with van der Waals surface area (Å²) < 4.78 is 21.7. The predicted molar refractivity (Wildman–Crippen MR) is 81.5 cm³/mol. The lowest BCUT2D eigenvalue weighted by Gasteiger charge is -2.40. The zero-order valence-electron chi connectivity index (χ0n) is 12.6. The number of carbonyl (C=O) groups excluding carboxylic acids is 1. The number of ether oxygens (including phenoxy) is 4. The second kappa shape index (κ2) is 7.20. The average Bonchev–Trinajstić information content (AvgIpc) is 3.28. The molecule has 120 valence electrons. The molecular formula is C17H22O5. The van der Waals surface area contributed by atoms with Gasteiger partial charge in [-0.2, -0.15) is 0 Å². The SMILES string of the molecule is C=COCC1OC(=O)C(OC=C)C(OC=C)C1C1CC1C=C. The second-order valence-corrected chi connectivity index (χ2v) is 5.34. The standard InChI is InChI=1S/C17H22O5/c1-5-11-9-12(11)14-13(10-19-6-2)22-17(18)16(21-8-4)15(14)20-7-3/h5-8,11-16H,1-4,9-10H2. The van der Waals surface area contributed by atoms with Crippen molar-refractivity contribution in [3.05, 3.63) is 51.2 Å². The largest absolute Gasteiger partial charge is 0.498 e. The molecule has 2 rings (SSSR count). The highest BCUT2D eigenvalue weighted by molar-refractivity contribution is 5.77. The van der Waals surface area contributed by atoms with Crippen molar-refractivity contribution in [1.82, 2.24) is 0 Å². The Bertz CT molecular complexity index is 458. The summed E-state index contributed by atoms with van der Waals surface area (Å²) in [5.74, 6) is 0.137. The van der Waals surface area contributed by atoms with Crippen LogP contribution in [0, 0.1) is 17.8 Å². The first-order valence-electron chi connectivity index (χ1n) is 7.26. The molecule has 2 aliphatic rings. The summed E-state index contributed by atoms with van der Waals surface area (Å²) in [7, 11) is 0. The van der Waals surface area contributed by atoms with Gasteiger partial charge in [0.15, 0.2) is 6.10 Å². The molecule has 0 spiro atoms. The third kappa shape index (κ3) is 3.18. The lowest BCUT2D eigenvalue weighted by Crippen LogP contribution is -2.55. The Morgan fingerprint density at radius 1 is 1.14 bits per heavy atom. The van der Waals surface area contributed by atoms with Crippen LogP contribution in [-0.2, 0) is 23.7 Å². The van der Waals surface area contributed by atoms with Crippen molar-refractivity contribution in [2.24, 2.45) is 17.8 Å². The van der Waals surface area contributed by atoms with E-state index in [9.17, 15) is 4.79 Å². The fourth-order valence-corrected chi connectivity index (χ4v) is 3.13. The summed E-state index contributed by atoms with van der Waals surface area (Å²) in [6.45, 7) is 14.7. The highest BCUT2D eigenvalue weighted by Crippen LogP contribution is 2.50. The van der Waals surface area contributed by atoms with E-state index in [0.29, 0.717) is 11.8 Å². The van der Waals surface area contributed by atoms with Gasteiger partial charge in [-0.25, -0.2) is 4.79 Å². The second-order valence-electron chi connectivity index (χ2n) is 5.34. The normalized spacial score (nSPS) is 36.5. The average molecular weight is 306 g/mol. The molecule has 1 heterocycles. The first-order valence-corrected chi connectivity index (χ1v) is 7.26. The van der Waals surface area contributed by atoms with Crippen LogP contribution >= 0.6 is 0 Å². The minimum atomic E-state index is -0.855. The van der Waals surface area contributed by atoms with Crippen LogP contribution in [0.1, 0.15) is 6.42 Å². The quantitative estimate of drug-likeness (QED) is 0.372. The van der Waals surface area contributed by atoms with E-state index in [0.717, 1.165) is 6.42 Å². The maximum absolute atomic E-state index is 12.2. The van der Waals surface area contributed by atoms with Crippen molar-refractivity contribution < 1.29 is 23.7 Å². The monoisotopic (exact) mass is 306 g/mol. The summed E-state index contributed by atoms with van der Waals surface area (Å²) in [5.41, 5.74) is 0. The maximum atomic E-state index is 12.2. The fraction of sp³-hybridized carbons (Fsp3) is 0.471. The molecule has 1 aliphatic carbocycles. The van der Waals surface area contributed by atoms with E-state index in [1.54, 1.807) is 0 Å². The summed E-state index contributed by atoms with van der Waals surface area (Å²) >= 11 is 0. The molecule has 0 bridgehead atoms. The molecule has 0 amide bonds. The Morgan fingerprint density at radius 2 is 1.86 bits per heavy atom. The Kier molecular flexibility index (Phi) is 5.31. The molecule has 1 aliphatic heterocycles. The number of cyclic esters (lactones) is 1. The van der Waals surface area contributed by atoms with Gasteiger partial charge in [-0.05, 0) is 18.3 Å². The molecule has 0 radical (unpaired) electrons. The smallest absolute Gasteiger partial charge is 0.351 e. The predicted octanol–water partition coefficient (Wildman–Crippen LogP) is 2.57. The van der Waals surface area contributed by atoms with Gasteiger partial charge in [0.05, 0.1) is 18.8 Å². The first-order chi connectivity index (χ1) is 10.7. The molecule has 6 unspecified atom stereocenters. The zero-order chi connectivity index (χ0) is 16.1. The topological polar surface area (TPSA) is 54.0 Å². The van der Waals surface area contributed by atoms with E-state index >= 15 is 0 Å². The van der Waals surface area contributed by atoms with Gasteiger partial charge in [0.1, 0.15) is 12.7 Å². The molecular weight excluding hydrogens is 284 g/mol. The molecule has 0 aromatic rings. The van der Waals surface area contributed by atoms with E-state index in [-0.39, 0.29) is 12.5 Å². The summed E-state index contributed by atoms with van der Waals surface area (Å²) in [6.07, 6.45) is 5.01. The number of hydrogen-bond acceptors (Lipinski definition) is 5. The van der Waals surface area contributed by atoms with Gasteiger partial charge in [0.25, 0.3) is 0 Å². The lowest BCUT2D eigenvalue weighted by atomic mass is 9.84. The van der Waals surface area contributed by atoms with E-state index in [2.05, 4.69) is 26.3 Å². The number of esters is 1. The molecule has 6 atom stereocenters. The molecule has 0 aromatic heterocycles. The molecule has 2 fully saturated rings. The van der Waals surface area contributed by atoms with Gasteiger partial charge in [-0.3, -0.25) is 0 Å². The van der Waals surface area contributed by atoms with Crippen LogP contribution in [0.5, 0.6) is 0 Å². The Labute approximate surface area is 130 Å². The third-order valence-electron chi connectivity index (χ3n) is 4.17. The molecule has 22 heavy (non-hydrogen) atoms. The molecule has 5 nitrogen and oxygen atoms in total. The van der Waals surface area contributed by atoms with Crippen molar-refractivity contribution in [3.8, 4) is 0 Å². The van der Waals surface area contributed by atoms with Crippen molar-refractivity contribution in [1.29, 1.82) is 0 Å². The van der Waals surface area contributed by atoms with Crippen molar-refractivity contribution in [2.45, 2.75) is 24.7 Å². The van der Waals surface area contributed by atoms with Crippen LogP contribution in [0.4, 0.5) is 0 Å². The summed E-state index contributed by atoms with van der Waals surface area (Å²) in [4.78, 5) is 12.2. The van der Waals surface area contributed by atoms with Gasteiger partial charge >= 0.3 is 5.97 Å². The van der Waals surface area contributed by atoms with E-state index in [1.165, 1.54) is 18.8 Å². The molecule has 0 N–H and O–H groups in total. The summed E-state index contributed by atoms with van der Waals surface area (Å²) in [5, 5.41) is 0. The van der Waals surface area contributed by atoms with E-state index < -0.39 is 24.3 Å². The molecule has 5 heteroatoms. The molecule has 1 saturated carbocycles. The van der Waals surface area contributed by atoms with Crippen LogP contribution in [0.15, 0.2) is 51.2 Å². The number of carbonyl (C=O) groups is 1. The Balaban J connectivity index is 2.25. The lowest BCUT2D eigenvalue weighted by molar-refractivity contribution is -0.198. The highest BCUT2D eigenvalue weighted by Gasteiger charge is 2.57. The minimum absolute atomic E-state index is 0.0661. The van der Waals surface area contributed by atoms with Crippen LogP contribution in [0.3, 0.4) is 0 Å². The first kappa shape index (κ1) is 16.2. The summed E-state index contributed by atoms with van der Waals surface area (Å²) in [6, 6.07) is 0. The minimum Gasteiger partial charge on any atom is -0.498 e. The van der Waals surface area contributed by atoms with Crippen LogP contribution in [0.2, 0.25) is 0 Å². The van der Waals surface area contributed by atoms with Crippen molar-refractivity contribution >= 4 is 5.97 Å². The zero-order valence-corrected chi connectivity index (χ0v) is 12.6. The van der Waals surface area contributed by atoms with E-state index in [1.807, 2.05) is 6.08 Å².